The van der Waals surface area contributed by atoms with Gasteiger partial charge in [0.05, 0.1) is 0 Å². The molecule has 3 nitrogen and oxygen atoms in total. The molecule has 2 N–H and O–H groups in total. The maximum Gasteiger partial charge on any atom is 0.125 e. The minimum Gasteiger partial charge on any atom is -0.485 e. The van der Waals surface area contributed by atoms with Crippen molar-refractivity contribution in [1.29, 1.82) is 0 Å². The Morgan fingerprint density at radius 2 is 1.46 bits per heavy atom. The molecule has 26 heavy (non-hydrogen) atoms. The Bertz CT molecular complexity index is 774. The van der Waals surface area contributed by atoms with Gasteiger partial charge in [0, 0.05) is 24.2 Å². The predicted molar refractivity (Wildman–Crippen MR) is 109 cm³/mol. The van der Waals surface area contributed by atoms with Crippen LogP contribution in [0.2, 0.25) is 0 Å². The van der Waals surface area contributed by atoms with Gasteiger partial charge in [0.25, 0.3) is 0 Å². The molecule has 0 heterocycles. The van der Waals surface area contributed by atoms with Crippen molar-refractivity contribution in [2.45, 2.75) is 19.1 Å². The molecule has 0 aliphatic carbocycles. The third-order valence-corrected chi connectivity index (χ3v) is 4.33. The molecule has 0 spiro atoms. The van der Waals surface area contributed by atoms with Crippen molar-refractivity contribution in [1.82, 2.24) is 5.32 Å². The first kappa shape index (κ1) is 18.0. The molecule has 0 aliphatic heterocycles. The first-order chi connectivity index (χ1) is 12.9. The fraction of sp³-hybridized carbons (Fsp3) is 0.217. The number of rotatable bonds is 9. The molecule has 3 aromatic carbocycles. The molecule has 1 unspecified atom stereocenters. The van der Waals surface area contributed by atoms with Crippen molar-refractivity contribution in [3.63, 3.8) is 0 Å². The van der Waals surface area contributed by atoms with Gasteiger partial charge in [-0.3, -0.25) is 0 Å². The molecule has 0 aromatic heterocycles. The normalized spacial score (nSPS) is 11.7. The van der Waals surface area contributed by atoms with E-state index in [-0.39, 0.29) is 6.10 Å². The van der Waals surface area contributed by atoms with Crippen LogP contribution in [0.15, 0.2) is 84.9 Å². The number of nitrogens with one attached hydrogen (secondary N) is 2. The van der Waals surface area contributed by atoms with E-state index in [1.807, 2.05) is 37.4 Å². The molecule has 0 saturated carbocycles. The van der Waals surface area contributed by atoms with Gasteiger partial charge in [-0.25, -0.2) is 0 Å². The van der Waals surface area contributed by atoms with Crippen LogP contribution in [0.4, 0.5) is 5.69 Å². The van der Waals surface area contributed by atoms with E-state index in [9.17, 15) is 0 Å². The fourth-order valence-corrected chi connectivity index (χ4v) is 2.91. The lowest BCUT2D eigenvalue weighted by atomic mass is 10.1. The summed E-state index contributed by atoms with van der Waals surface area (Å²) in [6.45, 7) is 1.64. The summed E-state index contributed by atoms with van der Waals surface area (Å²) in [5.74, 6) is 0.931. The van der Waals surface area contributed by atoms with Gasteiger partial charge in [-0.15, -0.1) is 0 Å². The summed E-state index contributed by atoms with van der Waals surface area (Å²) in [5, 5.41) is 6.69. The van der Waals surface area contributed by atoms with Crippen LogP contribution in [0.3, 0.4) is 0 Å². The topological polar surface area (TPSA) is 33.3 Å². The maximum absolute atomic E-state index is 6.44. The number of para-hydroxylation sites is 2. The van der Waals surface area contributed by atoms with Crippen LogP contribution in [0.25, 0.3) is 0 Å². The van der Waals surface area contributed by atoms with Gasteiger partial charge in [0.2, 0.25) is 0 Å². The summed E-state index contributed by atoms with van der Waals surface area (Å²) >= 11 is 0. The Morgan fingerprint density at radius 3 is 2.19 bits per heavy atom. The van der Waals surface area contributed by atoms with Crippen molar-refractivity contribution in [3.8, 4) is 5.75 Å². The van der Waals surface area contributed by atoms with E-state index in [1.165, 1.54) is 5.56 Å². The first-order valence-electron chi connectivity index (χ1n) is 9.10. The highest BCUT2D eigenvalue weighted by atomic mass is 16.5. The minimum atomic E-state index is 0.0292. The van der Waals surface area contributed by atoms with Crippen LogP contribution in [-0.4, -0.2) is 13.6 Å². The van der Waals surface area contributed by atoms with Crippen molar-refractivity contribution in [2.24, 2.45) is 0 Å². The number of ether oxygens (including phenoxy) is 1. The van der Waals surface area contributed by atoms with Gasteiger partial charge in [-0.05, 0) is 37.4 Å². The van der Waals surface area contributed by atoms with Gasteiger partial charge < -0.3 is 15.4 Å². The summed E-state index contributed by atoms with van der Waals surface area (Å²) in [6, 6.07) is 28.9. The molecule has 0 amide bonds. The Kier molecular flexibility index (Phi) is 6.68. The van der Waals surface area contributed by atoms with E-state index in [4.69, 9.17) is 4.74 Å². The molecule has 0 bridgehead atoms. The van der Waals surface area contributed by atoms with Crippen molar-refractivity contribution in [2.75, 3.05) is 18.9 Å². The monoisotopic (exact) mass is 346 g/mol. The molecule has 0 aliphatic rings. The predicted octanol–water partition coefficient (Wildman–Crippen LogP) is 5.03. The highest BCUT2D eigenvalue weighted by Gasteiger charge is 2.14. The first-order valence-corrected chi connectivity index (χ1v) is 9.10. The summed E-state index contributed by atoms with van der Waals surface area (Å²) in [5.41, 5.74) is 3.47. The van der Waals surface area contributed by atoms with E-state index >= 15 is 0 Å². The van der Waals surface area contributed by atoms with Gasteiger partial charge in [0.1, 0.15) is 11.9 Å². The summed E-state index contributed by atoms with van der Waals surface area (Å²) in [4.78, 5) is 0. The molecule has 1 atom stereocenters. The number of hydrogen-bond acceptors (Lipinski definition) is 3. The second-order valence-corrected chi connectivity index (χ2v) is 6.24. The van der Waals surface area contributed by atoms with Crippen LogP contribution in [0.1, 0.15) is 23.7 Å². The lowest BCUT2D eigenvalue weighted by Gasteiger charge is -2.22. The molecule has 134 valence electrons. The fourth-order valence-electron chi connectivity index (χ4n) is 2.91. The molecule has 0 fully saturated rings. The highest BCUT2D eigenvalue weighted by Crippen LogP contribution is 2.28. The van der Waals surface area contributed by atoms with E-state index in [2.05, 4.69) is 65.2 Å². The zero-order valence-electron chi connectivity index (χ0n) is 15.2. The van der Waals surface area contributed by atoms with E-state index < -0.39 is 0 Å². The second-order valence-electron chi connectivity index (χ2n) is 6.24. The third-order valence-electron chi connectivity index (χ3n) is 4.33. The number of benzene rings is 3. The zero-order valence-corrected chi connectivity index (χ0v) is 15.2. The van der Waals surface area contributed by atoms with Crippen LogP contribution < -0.4 is 15.4 Å². The van der Waals surface area contributed by atoms with Crippen molar-refractivity contribution >= 4 is 5.69 Å². The summed E-state index contributed by atoms with van der Waals surface area (Å²) in [6.07, 6.45) is 0.947. The van der Waals surface area contributed by atoms with Crippen LogP contribution in [-0.2, 0) is 6.54 Å². The second kappa shape index (κ2) is 9.64. The third kappa shape index (κ3) is 5.11. The Labute approximate surface area is 156 Å². The maximum atomic E-state index is 6.44. The van der Waals surface area contributed by atoms with E-state index in [0.29, 0.717) is 0 Å². The Balaban J connectivity index is 1.74. The standard InChI is InChI=1S/C23H26N2O/c1-24-17-16-23(19-10-4-2-5-11-19)26-22-15-9-8-12-20(22)18-25-21-13-6-3-7-14-21/h2-15,23-25H,16-18H2,1H3. The van der Waals surface area contributed by atoms with Gasteiger partial charge in [-0.1, -0.05) is 66.7 Å². The lowest BCUT2D eigenvalue weighted by Crippen LogP contribution is -2.17. The lowest BCUT2D eigenvalue weighted by molar-refractivity contribution is 0.193. The average molecular weight is 346 g/mol. The quantitative estimate of drug-likeness (QED) is 0.570. The van der Waals surface area contributed by atoms with Crippen LogP contribution in [0.5, 0.6) is 5.75 Å². The highest BCUT2D eigenvalue weighted by molar-refractivity contribution is 5.45. The van der Waals surface area contributed by atoms with Crippen molar-refractivity contribution in [3.05, 3.63) is 96.1 Å². The Morgan fingerprint density at radius 1 is 0.808 bits per heavy atom. The molecule has 0 saturated heterocycles. The largest absolute Gasteiger partial charge is 0.485 e. The number of hydrogen-bond donors (Lipinski definition) is 2. The average Bonchev–Trinajstić information content (AvgIpc) is 2.71. The zero-order chi connectivity index (χ0) is 18.0. The number of anilines is 1. The smallest absolute Gasteiger partial charge is 0.125 e. The van der Waals surface area contributed by atoms with E-state index in [1.54, 1.807) is 0 Å². The van der Waals surface area contributed by atoms with Crippen LogP contribution >= 0.6 is 0 Å². The molecule has 0 radical (unpaired) electrons. The summed E-state index contributed by atoms with van der Waals surface area (Å²) < 4.78 is 6.44. The van der Waals surface area contributed by atoms with E-state index in [0.717, 1.165) is 36.5 Å². The molecular weight excluding hydrogens is 320 g/mol. The molecule has 3 aromatic rings. The minimum absolute atomic E-state index is 0.0292. The summed E-state index contributed by atoms with van der Waals surface area (Å²) in [7, 11) is 1.97. The van der Waals surface area contributed by atoms with Gasteiger partial charge in [0.15, 0.2) is 0 Å². The van der Waals surface area contributed by atoms with Gasteiger partial charge >= 0.3 is 0 Å². The van der Waals surface area contributed by atoms with Gasteiger partial charge in [-0.2, -0.15) is 0 Å². The molecular formula is C23H26N2O. The molecule has 3 rings (SSSR count). The van der Waals surface area contributed by atoms with Crippen molar-refractivity contribution < 1.29 is 4.74 Å². The molecule has 3 heteroatoms. The SMILES string of the molecule is CNCCC(Oc1ccccc1CNc1ccccc1)c1ccccc1. The van der Waals surface area contributed by atoms with Crippen LogP contribution in [0, 0.1) is 0 Å². The Hall–Kier alpha value is -2.78.